The van der Waals surface area contributed by atoms with E-state index < -0.39 is 0 Å². The third kappa shape index (κ3) is 2.15. The molecular weight excluding hydrogens is 304 g/mol. The van der Waals surface area contributed by atoms with Crippen LogP contribution in [0.25, 0.3) is 21.6 Å². The number of hydrogen-bond acceptors (Lipinski definition) is 5. The minimum atomic E-state index is -0.0849. The number of aromatic hydroxyl groups is 1. The van der Waals surface area contributed by atoms with E-state index >= 15 is 0 Å². The zero-order valence-electron chi connectivity index (χ0n) is 11.0. The van der Waals surface area contributed by atoms with Crippen molar-refractivity contribution >= 4 is 33.3 Å². The average molecular weight is 316 g/mol. The number of phenolic OH excluding ortho intramolecular Hbond substituents is 1. The number of H-pyrrole nitrogens is 1. The predicted octanol–water partition coefficient (Wildman–Crippen LogP) is 3.40. The van der Waals surface area contributed by atoms with E-state index in [2.05, 4.69) is 9.97 Å². The predicted molar refractivity (Wildman–Crippen MR) is 86.4 cm³/mol. The van der Waals surface area contributed by atoms with Crippen molar-refractivity contribution in [3.05, 3.63) is 40.2 Å². The van der Waals surface area contributed by atoms with E-state index in [1.54, 1.807) is 29.5 Å². The summed E-state index contributed by atoms with van der Waals surface area (Å²) in [6.45, 7) is 0. The van der Waals surface area contributed by atoms with Crippen LogP contribution in [-0.2, 0) is 6.42 Å². The molecule has 4 rings (SSSR count). The second-order valence-electron chi connectivity index (χ2n) is 4.97. The second kappa shape index (κ2) is 4.89. The summed E-state index contributed by atoms with van der Waals surface area (Å²) in [4.78, 5) is 20.7. The maximum Gasteiger partial charge on any atom is 0.260 e. The molecule has 21 heavy (non-hydrogen) atoms. The normalized spacial score (nSPS) is 14.3. The van der Waals surface area contributed by atoms with Crippen molar-refractivity contribution < 1.29 is 5.11 Å². The van der Waals surface area contributed by atoms with E-state index in [1.165, 1.54) is 4.21 Å². The fourth-order valence-corrected chi connectivity index (χ4v) is 5.12. The summed E-state index contributed by atoms with van der Waals surface area (Å²) in [5, 5.41) is 10.3. The molecule has 0 unspecified atom stereocenters. The quantitative estimate of drug-likeness (QED) is 0.722. The van der Waals surface area contributed by atoms with Crippen molar-refractivity contribution in [3.8, 4) is 17.1 Å². The van der Waals surface area contributed by atoms with Crippen molar-refractivity contribution in [2.75, 3.05) is 5.75 Å². The maximum absolute atomic E-state index is 12.4. The number of aromatic amines is 1. The second-order valence-corrected chi connectivity index (χ2v) is 7.33. The molecule has 6 heteroatoms. The van der Waals surface area contributed by atoms with Gasteiger partial charge in [-0.1, -0.05) is 12.1 Å². The monoisotopic (exact) mass is 316 g/mol. The van der Waals surface area contributed by atoms with E-state index in [0.29, 0.717) is 11.4 Å². The summed E-state index contributed by atoms with van der Waals surface area (Å²) in [5.41, 5.74) is 1.79. The zero-order chi connectivity index (χ0) is 14.4. The molecule has 0 amide bonds. The Kier molecular flexibility index (Phi) is 3.01. The number of nitrogens with one attached hydrogen (secondary N) is 1. The van der Waals surface area contributed by atoms with Gasteiger partial charge in [-0.2, -0.15) is 0 Å². The lowest BCUT2D eigenvalue weighted by Gasteiger charge is -2.09. The van der Waals surface area contributed by atoms with Gasteiger partial charge < -0.3 is 10.1 Å². The number of aromatic nitrogens is 2. The Morgan fingerprint density at radius 2 is 2.24 bits per heavy atom. The minimum Gasteiger partial charge on any atom is -0.508 e. The molecule has 0 aliphatic carbocycles. The summed E-state index contributed by atoms with van der Waals surface area (Å²) in [6.07, 6.45) is 2.07. The van der Waals surface area contributed by atoms with E-state index in [-0.39, 0.29) is 11.3 Å². The van der Waals surface area contributed by atoms with Crippen molar-refractivity contribution in [3.63, 3.8) is 0 Å². The molecule has 0 bridgehead atoms. The van der Waals surface area contributed by atoms with Crippen LogP contribution in [-0.4, -0.2) is 20.8 Å². The maximum atomic E-state index is 12.4. The number of phenols is 1. The Morgan fingerprint density at radius 3 is 3.10 bits per heavy atom. The topological polar surface area (TPSA) is 66.0 Å². The van der Waals surface area contributed by atoms with Crippen LogP contribution in [0.15, 0.2) is 33.3 Å². The first-order chi connectivity index (χ1) is 10.2. The Balaban J connectivity index is 1.96. The van der Waals surface area contributed by atoms with Crippen LogP contribution < -0.4 is 5.56 Å². The number of thiophene rings is 1. The van der Waals surface area contributed by atoms with Gasteiger partial charge in [0.1, 0.15) is 16.4 Å². The van der Waals surface area contributed by atoms with Crippen LogP contribution in [0.5, 0.6) is 5.75 Å². The van der Waals surface area contributed by atoms with E-state index in [1.807, 2.05) is 17.8 Å². The summed E-state index contributed by atoms with van der Waals surface area (Å²) in [6, 6.07) is 6.77. The molecule has 2 aromatic heterocycles. The fourth-order valence-electron chi connectivity index (χ4n) is 2.59. The van der Waals surface area contributed by atoms with Gasteiger partial charge in [-0.3, -0.25) is 4.79 Å². The summed E-state index contributed by atoms with van der Waals surface area (Å²) in [7, 11) is 0. The molecule has 106 valence electrons. The molecule has 1 aromatic carbocycles. The molecule has 0 atom stereocenters. The van der Waals surface area contributed by atoms with Crippen molar-refractivity contribution in [1.29, 1.82) is 0 Å². The lowest BCUT2D eigenvalue weighted by molar-refractivity contribution is 0.475. The summed E-state index contributed by atoms with van der Waals surface area (Å²) < 4.78 is 1.22. The molecule has 1 aliphatic heterocycles. The molecule has 2 N–H and O–H groups in total. The van der Waals surface area contributed by atoms with Crippen LogP contribution in [0, 0.1) is 0 Å². The number of thioether (sulfide) groups is 1. The highest BCUT2D eigenvalue weighted by atomic mass is 32.2. The molecular formula is C15H12N2O2S2. The third-order valence-corrected chi connectivity index (χ3v) is 6.07. The van der Waals surface area contributed by atoms with Crippen LogP contribution in [0.2, 0.25) is 0 Å². The smallest absolute Gasteiger partial charge is 0.260 e. The first-order valence-electron chi connectivity index (χ1n) is 6.70. The Morgan fingerprint density at radius 1 is 1.33 bits per heavy atom. The van der Waals surface area contributed by atoms with Gasteiger partial charge in [0.15, 0.2) is 0 Å². The van der Waals surface area contributed by atoms with Crippen LogP contribution in [0.1, 0.15) is 12.0 Å². The van der Waals surface area contributed by atoms with E-state index in [0.717, 1.165) is 34.4 Å². The number of fused-ring (bicyclic) bond motifs is 3. The van der Waals surface area contributed by atoms with Gasteiger partial charge in [0, 0.05) is 5.56 Å². The van der Waals surface area contributed by atoms with Gasteiger partial charge in [0.2, 0.25) is 0 Å². The highest BCUT2D eigenvalue weighted by molar-refractivity contribution is 8.01. The summed E-state index contributed by atoms with van der Waals surface area (Å²) in [5.74, 6) is 1.78. The molecule has 0 saturated carbocycles. The first-order valence-corrected chi connectivity index (χ1v) is 8.50. The van der Waals surface area contributed by atoms with Gasteiger partial charge in [-0.25, -0.2) is 4.98 Å². The molecule has 0 saturated heterocycles. The van der Waals surface area contributed by atoms with Gasteiger partial charge in [-0.05, 0) is 36.3 Å². The number of benzene rings is 1. The highest BCUT2D eigenvalue weighted by Gasteiger charge is 2.20. The van der Waals surface area contributed by atoms with Crippen LogP contribution >= 0.6 is 23.1 Å². The fraction of sp³-hybridized carbons (Fsp3) is 0.200. The Hall–Kier alpha value is -1.79. The number of aryl methyl sites for hydroxylation is 1. The first kappa shape index (κ1) is 12.9. The Bertz CT molecular complexity index is 898. The van der Waals surface area contributed by atoms with Crippen LogP contribution in [0.4, 0.5) is 0 Å². The van der Waals surface area contributed by atoms with Crippen molar-refractivity contribution in [2.45, 2.75) is 17.1 Å². The van der Waals surface area contributed by atoms with Gasteiger partial charge in [0.25, 0.3) is 5.56 Å². The lowest BCUT2D eigenvalue weighted by atomic mass is 10.1. The highest BCUT2D eigenvalue weighted by Crippen LogP contribution is 2.40. The number of hydrogen-bond donors (Lipinski definition) is 2. The zero-order valence-corrected chi connectivity index (χ0v) is 12.7. The molecule has 3 aromatic rings. The Labute approximate surface area is 128 Å². The van der Waals surface area contributed by atoms with Crippen molar-refractivity contribution in [2.24, 2.45) is 0 Å². The molecule has 3 heterocycles. The number of rotatable bonds is 1. The largest absolute Gasteiger partial charge is 0.508 e. The SMILES string of the molecule is O=c1[nH]c(-c2cccc(O)c2)nc2sc3c(c12)CCCS3. The van der Waals surface area contributed by atoms with Gasteiger partial charge in [0.05, 0.1) is 9.60 Å². The number of nitrogens with zero attached hydrogens (tertiary/aromatic N) is 1. The average Bonchev–Trinajstić information content (AvgIpc) is 2.86. The van der Waals surface area contributed by atoms with Crippen LogP contribution in [0.3, 0.4) is 0 Å². The molecule has 0 fully saturated rings. The third-order valence-electron chi connectivity index (χ3n) is 3.55. The van der Waals surface area contributed by atoms with Gasteiger partial charge in [-0.15, -0.1) is 23.1 Å². The van der Waals surface area contributed by atoms with E-state index in [4.69, 9.17) is 0 Å². The molecule has 0 spiro atoms. The standard InChI is InChI=1S/C15H12N2O2S2/c18-9-4-1-3-8(7-9)12-16-13(19)11-10-5-2-6-20-15(10)21-14(11)17-12/h1,3-4,7,18H,2,5-6H2,(H,16,17,19). The molecule has 0 radical (unpaired) electrons. The lowest BCUT2D eigenvalue weighted by Crippen LogP contribution is -2.10. The van der Waals surface area contributed by atoms with Gasteiger partial charge >= 0.3 is 0 Å². The minimum absolute atomic E-state index is 0.0849. The molecule has 4 nitrogen and oxygen atoms in total. The molecule has 1 aliphatic rings. The van der Waals surface area contributed by atoms with Crippen molar-refractivity contribution in [1.82, 2.24) is 9.97 Å². The summed E-state index contributed by atoms with van der Waals surface area (Å²) >= 11 is 3.41. The van der Waals surface area contributed by atoms with E-state index in [9.17, 15) is 9.90 Å².